The van der Waals surface area contributed by atoms with Crippen molar-refractivity contribution in [1.29, 1.82) is 0 Å². The van der Waals surface area contributed by atoms with E-state index >= 15 is 0 Å². The Hall–Kier alpha value is -2.65. The molecular weight excluding hydrogens is 440 g/mol. The smallest absolute Gasteiger partial charge is 0.271 e. The van der Waals surface area contributed by atoms with Gasteiger partial charge in [0.15, 0.2) is 9.84 Å². The molecule has 0 spiro atoms. The number of hydrogen-bond donors (Lipinski definition) is 2. The number of aryl methyl sites for hydroxylation is 2. The van der Waals surface area contributed by atoms with Crippen LogP contribution in [0.2, 0.25) is 0 Å². The number of aromatic nitrogens is 2. The second kappa shape index (κ2) is 9.30. The number of fused-ring (bicyclic) bond motifs is 1. The monoisotopic (exact) mass is 472 g/mol. The molecule has 0 amide bonds. The van der Waals surface area contributed by atoms with Gasteiger partial charge < -0.3 is 19.7 Å². The molecule has 4 rings (SSSR count). The molecule has 0 radical (unpaired) electrons. The van der Waals surface area contributed by atoms with Crippen LogP contribution in [0.1, 0.15) is 37.1 Å². The second-order valence-corrected chi connectivity index (χ2v) is 11.3. The van der Waals surface area contributed by atoms with Gasteiger partial charge in [0, 0.05) is 24.0 Å². The van der Waals surface area contributed by atoms with Gasteiger partial charge >= 0.3 is 0 Å². The predicted molar refractivity (Wildman–Crippen MR) is 131 cm³/mol. The molecule has 3 aromatic rings. The van der Waals surface area contributed by atoms with Crippen LogP contribution in [-0.2, 0) is 9.84 Å². The molecule has 2 aromatic heterocycles. The molecular formula is C24H32N4O4S. The number of pyridine rings is 1. The Morgan fingerprint density at radius 3 is 2.55 bits per heavy atom. The minimum atomic E-state index is -3.58. The van der Waals surface area contributed by atoms with Crippen molar-refractivity contribution in [3.05, 3.63) is 40.0 Å². The van der Waals surface area contributed by atoms with Crippen molar-refractivity contribution in [3.63, 3.8) is 0 Å². The highest BCUT2D eigenvalue weighted by molar-refractivity contribution is 7.91. The van der Waals surface area contributed by atoms with Crippen molar-refractivity contribution in [2.45, 2.75) is 44.4 Å². The minimum Gasteiger partial charge on any atom is -0.379 e. The molecule has 1 aliphatic carbocycles. The molecule has 8 nitrogen and oxygen atoms in total. The maximum atomic E-state index is 13.6. The molecule has 1 aromatic carbocycles. The average Bonchev–Trinajstić information content (AvgIpc) is 3.36. The molecule has 2 heterocycles. The van der Waals surface area contributed by atoms with Crippen LogP contribution in [0.4, 0.5) is 5.69 Å². The van der Waals surface area contributed by atoms with Crippen molar-refractivity contribution in [1.82, 2.24) is 15.0 Å². The van der Waals surface area contributed by atoms with E-state index < -0.39 is 9.84 Å². The number of nitrogens with zero attached hydrogens (tertiary/aromatic N) is 2. The molecule has 0 atom stereocenters. The number of sulfone groups is 1. The van der Waals surface area contributed by atoms with E-state index in [4.69, 9.17) is 4.52 Å². The van der Waals surface area contributed by atoms with Crippen LogP contribution in [0.25, 0.3) is 22.0 Å². The number of hydrogen-bond acceptors (Lipinski definition) is 7. The zero-order valence-corrected chi connectivity index (χ0v) is 20.5. The maximum absolute atomic E-state index is 13.6. The summed E-state index contributed by atoms with van der Waals surface area (Å²) in [5.74, 6) is 0.902. The minimum absolute atomic E-state index is 0.121. The average molecular weight is 473 g/mol. The summed E-state index contributed by atoms with van der Waals surface area (Å²) in [7, 11) is 0.327. The number of likely N-dealkylation sites (N-methyl/N-ethyl adjacent to an activating group) is 1. The lowest BCUT2D eigenvalue weighted by Crippen LogP contribution is -2.23. The van der Waals surface area contributed by atoms with Crippen molar-refractivity contribution >= 4 is 26.4 Å². The number of aromatic amines is 1. The standard InChI is InChI=1S/C24H32N4O4S/c1-15-23(16(2)32-27-15)18-11-20-19(13-21(24(29)26-20)25-9-10-28(3)4)22(12-18)33(30,31)14-17-7-5-6-8-17/h11-13,17,25H,5-10,14H2,1-4H3,(H,26,29). The van der Waals surface area contributed by atoms with E-state index in [0.717, 1.165) is 37.8 Å². The number of rotatable bonds is 8. The van der Waals surface area contributed by atoms with E-state index in [0.29, 0.717) is 40.2 Å². The number of nitrogens with one attached hydrogen (secondary N) is 2. The molecule has 0 aliphatic heterocycles. The van der Waals surface area contributed by atoms with E-state index in [1.165, 1.54) is 0 Å². The summed E-state index contributed by atoms with van der Waals surface area (Å²) in [4.78, 5) is 17.9. The Kier molecular flexibility index (Phi) is 6.63. The molecule has 2 N–H and O–H groups in total. The normalized spacial score (nSPS) is 15.1. The molecule has 0 unspecified atom stereocenters. The highest BCUT2D eigenvalue weighted by Gasteiger charge is 2.27. The first-order valence-corrected chi connectivity index (χ1v) is 13.1. The highest BCUT2D eigenvalue weighted by Crippen LogP contribution is 2.35. The Morgan fingerprint density at radius 2 is 1.91 bits per heavy atom. The quantitative estimate of drug-likeness (QED) is 0.514. The zero-order valence-electron chi connectivity index (χ0n) is 19.7. The van der Waals surface area contributed by atoms with Crippen molar-refractivity contribution in [2.75, 3.05) is 38.3 Å². The fourth-order valence-electron chi connectivity index (χ4n) is 4.70. The van der Waals surface area contributed by atoms with Crippen LogP contribution in [0.5, 0.6) is 0 Å². The van der Waals surface area contributed by atoms with Gasteiger partial charge in [0.05, 0.1) is 21.9 Å². The van der Waals surface area contributed by atoms with Gasteiger partial charge in [-0.15, -0.1) is 0 Å². The van der Waals surface area contributed by atoms with Crippen LogP contribution in [-0.4, -0.2) is 56.4 Å². The maximum Gasteiger partial charge on any atom is 0.271 e. The number of H-pyrrole nitrogens is 1. The largest absolute Gasteiger partial charge is 0.379 e. The number of benzene rings is 1. The lowest BCUT2D eigenvalue weighted by molar-refractivity contribution is 0.393. The highest BCUT2D eigenvalue weighted by atomic mass is 32.2. The van der Waals surface area contributed by atoms with Gasteiger partial charge in [0.25, 0.3) is 5.56 Å². The van der Waals surface area contributed by atoms with Gasteiger partial charge in [-0.3, -0.25) is 4.79 Å². The van der Waals surface area contributed by atoms with E-state index in [1.54, 1.807) is 19.1 Å². The summed E-state index contributed by atoms with van der Waals surface area (Å²) in [6.45, 7) is 4.94. The molecule has 0 saturated heterocycles. The van der Waals surface area contributed by atoms with Crippen LogP contribution in [0.3, 0.4) is 0 Å². The number of anilines is 1. The van der Waals surface area contributed by atoms with Crippen LogP contribution in [0, 0.1) is 19.8 Å². The summed E-state index contributed by atoms with van der Waals surface area (Å²) < 4.78 is 32.6. The van der Waals surface area contributed by atoms with E-state index in [9.17, 15) is 13.2 Å². The third-order valence-electron chi connectivity index (χ3n) is 6.39. The third kappa shape index (κ3) is 4.99. The fourth-order valence-corrected chi connectivity index (χ4v) is 6.64. The van der Waals surface area contributed by atoms with Gasteiger partial charge in [-0.1, -0.05) is 18.0 Å². The molecule has 0 bridgehead atoms. The van der Waals surface area contributed by atoms with Crippen LogP contribution < -0.4 is 10.9 Å². The van der Waals surface area contributed by atoms with Gasteiger partial charge in [-0.2, -0.15) is 0 Å². The summed E-state index contributed by atoms with van der Waals surface area (Å²) in [6, 6.07) is 5.19. The predicted octanol–water partition coefficient (Wildman–Crippen LogP) is 3.74. The molecule has 9 heteroatoms. The summed E-state index contributed by atoms with van der Waals surface area (Å²) in [5, 5.41) is 7.68. The van der Waals surface area contributed by atoms with E-state index in [-0.39, 0.29) is 22.1 Å². The SMILES string of the molecule is Cc1noc(C)c1-c1cc(S(=O)(=O)CC2CCCC2)c2cc(NCCN(C)C)c(=O)[nH]c2c1. The third-order valence-corrected chi connectivity index (χ3v) is 8.30. The summed E-state index contributed by atoms with van der Waals surface area (Å²) >= 11 is 0. The lowest BCUT2D eigenvalue weighted by atomic mass is 10.0. The molecule has 1 aliphatic rings. The summed E-state index contributed by atoms with van der Waals surface area (Å²) in [6.07, 6.45) is 4.03. The van der Waals surface area contributed by atoms with Gasteiger partial charge in [0.1, 0.15) is 11.4 Å². The summed E-state index contributed by atoms with van der Waals surface area (Å²) in [5.41, 5.74) is 2.68. The van der Waals surface area contributed by atoms with Crippen molar-refractivity contribution in [3.8, 4) is 11.1 Å². The lowest BCUT2D eigenvalue weighted by Gasteiger charge is -2.16. The first-order valence-electron chi connectivity index (χ1n) is 11.4. The van der Waals surface area contributed by atoms with Gasteiger partial charge in [-0.05, 0) is 70.5 Å². The fraction of sp³-hybridized carbons (Fsp3) is 0.500. The topological polar surface area (TPSA) is 108 Å². The second-order valence-electron chi connectivity index (χ2n) is 9.31. The molecule has 178 valence electrons. The first kappa shape index (κ1) is 23.5. The van der Waals surface area contributed by atoms with Crippen molar-refractivity contribution < 1.29 is 12.9 Å². The van der Waals surface area contributed by atoms with E-state index in [2.05, 4.69) is 15.5 Å². The van der Waals surface area contributed by atoms with Gasteiger partial charge in [0.2, 0.25) is 0 Å². The first-order chi connectivity index (χ1) is 15.7. The van der Waals surface area contributed by atoms with Gasteiger partial charge in [-0.25, -0.2) is 8.42 Å². The van der Waals surface area contributed by atoms with Crippen LogP contribution >= 0.6 is 0 Å². The molecule has 1 saturated carbocycles. The Labute approximate surface area is 194 Å². The Bertz CT molecular complexity index is 1300. The van der Waals surface area contributed by atoms with E-state index in [1.807, 2.05) is 32.0 Å². The molecule has 1 fully saturated rings. The zero-order chi connectivity index (χ0) is 23.8. The van der Waals surface area contributed by atoms with Crippen LogP contribution in [0.15, 0.2) is 32.4 Å². The molecule has 33 heavy (non-hydrogen) atoms. The Morgan fingerprint density at radius 1 is 1.18 bits per heavy atom. The Balaban J connectivity index is 1.87. The van der Waals surface area contributed by atoms with Crippen molar-refractivity contribution in [2.24, 2.45) is 5.92 Å².